The van der Waals surface area contributed by atoms with Gasteiger partial charge >= 0.3 is 0 Å². The van der Waals surface area contributed by atoms with Crippen molar-refractivity contribution in [3.8, 4) is 0 Å². The molecule has 10 heteroatoms. The average Bonchev–Trinajstić information content (AvgIpc) is 3.37. The number of anilines is 3. The van der Waals surface area contributed by atoms with Crippen LogP contribution in [0.3, 0.4) is 0 Å². The third-order valence-electron chi connectivity index (χ3n) is 6.79. The number of para-hydroxylation sites is 1. The minimum atomic E-state index is -3.95. The molecule has 4 heterocycles. The van der Waals surface area contributed by atoms with Crippen molar-refractivity contribution in [3.63, 3.8) is 0 Å². The van der Waals surface area contributed by atoms with Crippen LogP contribution in [0.15, 0.2) is 84.1 Å². The molecule has 0 saturated carbocycles. The van der Waals surface area contributed by atoms with E-state index in [4.69, 9.17) is 0 Å². The molecule has 2 N–H and O–H groups in total. The van der Waals surface area contributed by atoms with Crippen molar-refractivity contribution in [1.29, 1.82) is 0 Å². The topological polar surface area (TPSA) is 113 Å². The number of pyridine rings is 1. The van der Waals surface area contributed by atoms with E-state index in [0.29, 0.717) is 22.8 Å². The van der Waals surface area contributed by atoms with Crippen LogP contribution < -0.4 is 10.2 Å². The summed E-state index contributed by atoms with van der Waals surface area (Å²) in [7, 11) is -3.95. The van der Waals surface area contributed by atoms with Crippen molar-refractivity contribution in [2.75, 3.05) is 29.9 Å². The zero-order valence-corrected chi connectivity index (χ0v) is 20.8. The van der Waals surface area contributed by atoms with Gasteiger partial charge in [0.1, 0.15) is 4.90 Å². The Bertz CT molecular complexity index is 1680. The summed E-state index contributed by atoms with van der Waals surface area (Å²) in [5, 5.41) is 14.1. The van der Waals surface area contributed by atoms with E-state index in [1.54, 1.807) is 36.7 Å². The number of hydrogen-bond donors (Lipinski definition) is 2. The lowest BCUT2D eigenvalue weighted by molar-refractivity contribution is 0.209. The molecular weight excluding hydrogens is 488 g/mol. The van der Waals surface area contributed by atoms with Crippen LogP contribution in [0.2, 0.25) is 0 Å². The van der Waals surface area contributed by atoms with Gasteiger partial charge in [-0.2, -0.15) is 4.98 Å². The monoisotopic (exact) mass is 514 g/mol. The number of hydrogen-bond acceptors (Lipinski definition) is 8. The van der Waals surface area contributed by atoms with Gasteiger partial charge in [0.05, 0.1) is 5.52 Å². The fraction of sp³-hybridized carbons (Fsp3) is 0.222. The van der Waals surface area contributed by atoms with Gasteiger partial charge in [-0.05, 0) is 61.2 Å². The maximum Gasteiger partial charge on any atom is 0.271 e. The number of aliphatic hydroxyl groups is 1. The highest BCUT2D eigenvalue weighted by atomic mass is 32.2. The first-order chi connectivity index (χ1) is 18.0. The van der Waals surface area contributed by atoms with Crippen LogP contribution in [-0.2, 0) is 10.0 Å². The fourth-order valence-corrected chi connectivity index (χ4v) is 6.34. The van der Waals surface area contributed by atoms with Crippen molar-refractivity contribution in [1.82, 2.24) is 18.9 Å². The van der Waals surface area contributed by atoms with Crippen molar-refractivity contribution >= 4 is 49.3 Å². The van der Waals surface area contributed by atoms with E-state index in [-0.39, 0.29) is 17.1 Å². The van der Waals surface area contributed by atoms with Crippen LogP contribution in [0, 0.1) is 5.92 Å². The van der Waals surface area contributed by atoms with E-state index in [2.05, 4.69) is 25.2 Å². The van der Waals surface area contributed by atoms with Crippen LogP contribution >= 0.6 is 0 Å². The van der Waals surface area contributed by atoms with Crippen LogP contribution in [0.25, 0.3) is 21.9 Å². The number of aliphatic hydroxyl groups excluding tert-OH is 1. The lowest BCUT2D eigenvalue weighted by Gasteiger charge is -2.33. The molecule has 1 atom stereocenters. The molecule has 1 aliphatic rings. The Hall–Kier alpha value is -4.02. The molecule has 0 amide bonds. The molecule has 1 aliphatic heterocycles. The second kappa shape index (κ2) is 9.45. The summed E-state index contributed by atoms with van der Waals surface area (Å²) in [4.78, 5) is 15.6. The van der Waals surface area contributed by atoms with Crippen molar-refractivity contribution in [3.05, 3.63) is 79.3 Å². The maximum atomic E-state index is 13.6. The largest absolute Gasteiger partial charge is 0.396 e. The third kappa shape index (κ3) is 4.38. The van der Waals surface area contributed by atoms with Gasteiger partial charge in [0.15, 0.2) is 5.65 Å². The molecule has 0 radical (unpaired) electrons. The quantitative estimate of drug-likeness (QED) is 0.347. The summed E-state index contributed by atoms with van der Waals surface area (Å²) in [6.07, 6.45) is 6.81. The highest BCUT2D eigenvalue weighted by Crippen LogP contribution is 2.28. The summed E-state index contributed by atoms with van der Waals surface area (Å²) < 4.78 is 28.5. The second-order valence-electron chi connectivity index (χ2n) is 9.23. The Labute approximate surface area is 214 Å². The molecule has 2 aromatic carbocycles. The second-order valence-corrected chi connectivity index (χ2v) is 11.0. The van der Waals surface area contributed by atoms with Gasteiger partial charge in [0.25, 0.3) is 10.0 Å². The van der Waals surface area contributed by atoms with Gasteiger partial charge in [-0.3, -0.25) is 4.98 Å². The number of piperidine rings is 1. The maximum absolute atomic E-state index is 13.6. The van der Waals surface area contributed by atoms with E-state index >= 15 is 0 Å². The average molecular weight is 515 g/mol. The third-order valence-corrected chi connectivity index (χ3v) is 8.49. The van der Waals surface area contributed by atoms with E-state index in [1.165, 1.54) is 10.2 Å². The number of aromatic nitrogens is 4. The van der Waals surface area contributed by atoms with Gasteiger partial charge in [-0.25, -0.2) is 17.4 Å². The Kier molecular flexibility index (Phi) is 5.97. The lowest BCUT2D eigenvalue weighted by Crippen LogP contribution is -2.36. The number of nitrogens with zero attached hydrogens (tertiary/aromatic N) is 5. The van der Waals surface area contributed by atoms with Gasteiger partial charge in [0.2, 0.25) is 5.95 Å². The van der Waals surface area contributed by atoms with Crippen LogP contribution in [0.5, 0.6) is 0 Å². The molecule has 37 heavy (non-hydrogen) atoms. The molecule has 0 bridgehead atoms. The standard InChI is InChI=1S/C27H26N6O3S/c34-18-19-4-3-14-32(17-19)23-10-8-22(9-11-23)30-27-29-16-21-12-15-33(26(21)31-27)37(35,36)24-7-1-5-20-6-2-13-28-25(20)24/h1-2,5-13,15-16,19,34H,3-4,14,17-18H2,(H,29,30,31). The zero-order chi connectivity index (χ0) is 25.4. The minimum absolute atomic E-state index is 0.118. The predicted octanol–water partition coefficient (Wildman–Crippen LogP) is 4.17. The SMILES string of the molecule is O=S(=O)(c1cccc2cccnc12)n1ccc2cnc(Nc3ccc(N4CCCC(CO)C4)cc3)nc21. The minimum Gasteiger partial charge on any atom is -0.396 e. The predicted molar refractivity (Wildman–Crippen MR) is 144 cm³/mol. The molecular formula is C27H26N6O3S. The zero-order valence-electron chi connectivity index (χ0n) is 20.0. The van der Waals surface area contributed by atoms with Gasteiger partial charge in [-0.1, -0.05) is 18.2 Å². The first-order valence-corrected chi connectivity index (χ1v) is 13.6. The van der Waals surface area contributed by atoms with Gasteiger partial charge < -0.3 is 15.3 Å². The van der Waals surface area contributed by atoms with Crippen molar-refractivity contribution < 1.29 is 13.5 Å². The van der Waals surface area contributed by atoms with E-state index in [1.807, 2.05) is 36.4 Å². The van der Waals surface area contributed by atoms with Crippen molar-refractivity contribution in [2.24, 2.45) is 5.92 Å². The number of rotatable bonds is 6. The van der Waals surface area contributed by atoms with E-state index in [9.17, 15) is 13.5 Å². The van der Waals surface area contributed by atoms with Crippen LogP contribution in [0.4, 0.5) is 17.3 Å². The summed E-state index contributed by atoms with van der Waals surface area (Å²) in [5.41, 5.74) is 2.59. The number of benzene rings is 2. The highest BCUT2D eigenvalue weighted by Gasteiger charge is 2.23. The smallest absolute Gasteiger partial charge is 0.271 e. The highest BCUT2D eigenvalue weighted by molar-refractivity contribution is 7.90. The van der Waals surface area contributed by atoms with Crippen molar-refractivity contribution in [2.45, 2.75) is 17.7 Å². The summed E-state index contributed by atoms with van der Waals surface area (Å²) in [6, 6.07) is 18.4. The summed E-state index contributed by atoms with van der Waals surface area (Å²) in [6.45, 7) is 2.03. The first-order valence-electron chi connectivity index (χ1n) is 12.2. The molecule has 1 fully saturated rings. The molecule has 5 aromatic rings. The first kappa shape index (κ1) is 23.4. The molecule has 1 saturated heterocycles. The Morgan fingerprint density at radius 3 is 2.68 bits per heavy atom. The molecule has 0 spiro atoms. The summed E-state index contributed by atoms with van der Waals surface area (Å²) in [5.74, 6) is 0.605. The Balaban J connectivity index is 1.29. The molecule has 0 aliphatic carbocycles. The molecule has 9 nitrogen and oxygen atoms in total. The van der Waals surface area contributed by atoms with E-state index in [0.717, 1.165) is 42.7 Å². The molecule has 6 rings (SSSR count). The van der Waals surface area contributed by atoms with Gasteiger partial charge in [0, 0.05) is 60.4 Å². The van der Waals surface area contributed by atoms with E-state index < -0.39 is 10.0 Å². The lowest BCUT2D eigenvalue weighted by atomic mass is 9.98. The molecule has 188 valence electrons. The molecule has 3 aromatic heterocycles. The molecule has 1 unspecified atom stereocenters. The summed E-state index contributed by atoms with van der Waals surface area (Å²) >= 11 is 0. The Morgan fingerprint density at radius 2 is 1.84 bits per heavy atom. The van der Waals surface area contributed by atoms with Crippen LogP contribution in [-0.4, -0.2) is 52.1 Å². The number of fused-ring (bicyclic) bond motifs is 2. The van der Waals surface area contributed by atoms with Crippen LogP contribution in [0.1, 0.15) is 12.8 Å². The van der Waals surface area contributed by atoms with Gasteiger partial charge in [-0.15, -0.1) is 0 Å². The fourth-order valence-electron chi connectivity index (χ4n) is 4.87. The number of nitrogens with one attached hydrogen (secondary N) is 1. The Morgan fingerprint density at radius 1 is 1.00 bits per heavy atom. The normalized spacial score (nSPS) is 16.4.